The average Bonchev–Trinajstić information content (AvgIpc) is 2.75. The van der Waals surface area contributed by atoms with E-state index in [0.29, 0.717) is 17.9 Å². The minimum absolute atomic E-state index is 0.0644. The number of ketones is 2. The van der Waals surface area contributed by atoms with E-state index in [1.54, 1.807) is 13.0 Å². The van der Waals surface area contributed by atoms with Gasteiger partial charge >= 0.3 is 5.97 Å². The van der Waals surface area contributed by atoms with Crippen LogP contribution >= 0.6 is 0 Å². The molecular formula is C29H36O4. The maximum Gasteiger partial charge on any atom is 0.309 e. The summed E-state index contributed by atoms with van der Waals surface area (Å²) in [6.45, 7) is 13.2. The number of carbonyl (C=O) groups excluding carboxylic acids is 2. The molecule has 0 bridgehead atoms. The molecule has 4 nitrogen and oxygen atoms in total. The van der Waals surface area contributed by atoms with E-state index in [9.17, 15) is 19.5 Å². The fraction of sp³-hybridized carbons (Fsp3) is 0.621. The molecule has 0 heterocycles. The van der Waals surface area contributed by atoms with Gasteiger partial charge in [0.15, 0.2) is 0 Å². The van der Waals surface area contributed by atoms with Crippen molar-refractivity contribution in [2.45, 2.75) is 80.1 Å². The SMILES string of the molecule is CC1=C2C=C[C@]3(C)C(=CC[C@@]4(C)[C@H]5C[C@](C)(C(=O)O)CC[C@]5(C)CC[C@@]43C)C2=CC(=O)C1=O. The quantitative estimate of drug-likeness (QED) is 0.395. The van der Waals surface area contributed by atoms with Gasteiger partial charge in [-0.05, 0) is 97.3 Å². The second kappa shape index (κ2) is 6.46. The van der Waals surface area contributed by atoms with E-state index in [0.717, 1.165) is 43.3 Å². The van der Waals surface area contributed by atoms with E-state index in [4.69, 9.17) is 0 Å². The van der Waals surface area contributed by atoms with Gasteiger partial charge in [-0.25, -0.2) is 0 Å². The van der Waals surface area contributed by atoms with Crippen LogP contribution in [0.25, 0.3) is 0 Å². The van der Waals surface area contributed by atoms with Crippen molar-refractivity contribution in [1.29, 1.82) is 0 Å². The van der Waals surface area contributed by atoms with Gasteiger partial charge in [0, 0.05) is 11.0 Å². The van der Waals surface area contributed by atoms with E-state index in [2.05, 4.69) is 45.9 Å². The van der Waals surface area contributed by atoms with Crippen LogP contribution in [0.1, 0.15) is 80.1 Å². The molecule has 5 rings (SSSR count). The Kier molecular flexibility index (Phi) is 4.41. The number of aliphatic carboxylic acids is 1. The number of carboxylic acids is 1. The molecule has 6 atom stereocenters. The van der Waals surface area contributed by atoms with Crippen LogP contribution in [-0.4, -0.2) is 22.6 Å². The van der Waals surface area contributed by atoms with Crippen LogP contribution in [0.2, 0.25) is 0 Å². The third-order valence-corrected chi connectivity index (χ3v) is 11.3. The van der Waals surface area contributed by atoms with Crippen LogP contribution < -0.4 is 0 Å². The summed E-state index contributed by atoms with van der Waals surface area (Å²) in [4.78, 5) is 37.0. The van der Waals surface area contributed by atoms with Gasteiger partial charge < -0.3 is 5.11 Å². The zero-order valence-electron chi connectivity index (χ0n) is 20.8. The van der Waals surface area contributed by atoms with Gasteiger partial charge in [-0.3, -0.25) is 14.4 Å². The van der Waals surface area contributed by atoms with Crippen LogP contribution in [0, 0.1) is 33.0 Å². The molecule has 0 aromatic rings. The Morgan fingerprint density at radius 1 is 1.03 bits per heavy atom. The number of allylic oxidation sites excluding steroid dienone is 8. The molecule has 0 radical (unpaired) electrons. The monoisotopic (exact) mass is 448 g/mol. The molecule has 0 saturated heterocycles. The van der Waals surface area contributed by atoms with Crippen molar-refractivity contribution in [2.75, 3.05) is 0 Å². The summed E-state index contributed by atoms with van der Waals surface area (Å²) in [7, 11) is 0. The lowest BCUT2D eigenvalue weighted by Crippen LogP contribution is -2.63. The maximum atomic E-state index is 12.5. The summed E-state index contributed by atoms with van der Waals surface area (Å²) < 4.78 is 0. The summed E-state index contributed by atoms with van der Waals surface area (Å²) in [6.07, 6.45) is 13.7. The van der Waals surface area contributed by atoms with Crippen LogP contribution in [-0.2, 0) is 14.4 Å². The molecule has 4 heteroatoms. The first-order valence-electron chi connectivity index (χ1n) is 12.4. The fourth-order valence-corrected chi connectivity index (χ4v) is 8.41. The Morgan fingerprint density at radius 2 is 1.70 bits per heavy atom. The molecule has 176 valence electrons. The second-order valence-electron chi connectivity index (χ2n) is 12.7. The van der Waals surface area contributed by atoms with Gasteiger partial charge in [0.1, 0.15) is 0 Å². The second-order valence-corrected chi connectivity index (χ2v) is 12.7. The maximum absolute atomic E-state index is 12.5. The van der Waals surface area contributed by atoms with Gasteiger partial charge in [0.05, 0.1) is 5.41 Å². The predicted molar refractivity (Wildman–Crippen MR) is 127 cm³/mol. The molecule has 0 unspecified atom stereocenters. The Morgan fingerprint density at radius 3 is 2.36 bits per heavy atom. The van der Waals surface area contributed by atoms with Crippen molar-refractivity contribution in [1.82, 2.24) is 0 Å². The number of carbonyl (C=O) groups is 3. The van der Waals surface area contributed by atoms with Gasteiger partial charge in [0.2, 0.25) is 11.6 Å². The van der Waals surface area contributed by atoms with Gasteiger partial charge in [-0.15, -0.1) is 0 Å². The highest BCUT2D eigenvalue weighted by Gasteiger charge is 2.68. The first-order valence-corrected chi connectivity index (χ1v) is 12.4. The molecule has 0 aliphatic heterocycles. The Balaban J connectivity index is 1.67. The molecule has 0 aromatic carbocycles. The summed E-state index contributed by atoms with van der Waals surface area (Å²) in [5, 5.41) is 10.1. The summed E-state index contributed by atoms with van der Waals surface area (Å²) in [6, 6.07) is 0. The first-order chi connectivity index (χ1) is 15.2. The van der Waals surface area contributed by atoms with Crippen molar-refractivity contribution in [3.63, 3.8) is 0 Å². The lowest BCUT2D eigenvalue weighted by atomic mass is 9.33. The van der Waals surface area contributed by atoms with Gasteiger partial charge in [-0.2, -0.15) is 0 Å². The van der Waals surface area contributed by atoms with E-state index >= 15 is 0 Å². The Bertz CT molecular complexity index is 1130. The zero-order chi connectivity index (χ0) is 24.2. The number of hydrogen-bond donors (Lipinski definition) is 1. The molecule has 1 N–H and O–H groups in total. The van der Waals surface area contributed by atoms with Crippen molar-refractivity contribution >= 4 is 17.5 Å². The van der Waals surface area contributed by atoms with Gasteiger partial charge in [0.25, 0.3) is 0 Å². The molecule has 2 fully saturated rings. The molecule has 5 aliphatic carbocycles. The van der Waals surface area contributed by atoms with E-state index in [1.807, 2.05) is 6.92 Å². The van der Waals surface area contributed by atoms with Crippen molar-refractivity contribution in [2.24, 2.45) is 33.0 Å². The Hall–Kier alpha value is -2.23. The van der Waals surface area contributed by atoms with Gasteiger partial charge in [-0.1, -0.05) is 45.9 Å². The molecule has 0 spiro atoms. The summed E-state index contributed by atoms with van der Waals surface area (Å²) in [5.74, 6) is -1.19. The molecule has 5 aliphatic rings. The number of fused-ring (bicyclic) bond motifs is 7. The molecule has 0 amide bonds. The number of hydrogen-bond acceptors (Lipinski definition) is 3. The normalized spacial score (nSPS) is 46.5. The van der Waals surface area contributed by atoms with Crippen molar-refractivity contribution in [3.8, 4) is 0 Å². The van der Waals surface area contributed by atoms with Crippen molar-refractivity contribution in [3.05, 3.63) is 46.6 Å². The lowest BCUT2D eigenvalue weighted by molar-refractivity contribution is -0.192. The predicted octanol–water partition coefficient (Wildman–Crippen LogP) is 5.99. The van der Waals surface area contributed by atoms with E-state index < -0.39 is 23.0 Å². The molecule has 2 saturated carbocycles. The minimum Gasteiger partial charge on any atom is -0.481 e. The highest BCUT2D eigenvalue weighted by molar-refractivity contribution is 6.48. The average molecular weight is 449 g/mol. The highest BCUT2D eigenvalue weighted by Crippen LogP contribution is 2.75. The number of Topliss-reactive ketones (excluding diaryl/α,β-unsaturated/α-hetero) is 1. The smallest absolute Gasteiger partial charge is 0.309 e. The first kappa shape index (κ1) is 22.6. The Labute approximate surface area is 196 Å². The van der Waals surface area contributed by atoms with Crippen LogP contribution in [0.3, 0.4) is 0 Å². The standard InChI is InChI=1S/C29H36O4/c1-17-18-7-9-27(4)20(19(18)15-21(30)23(17)31)8-10-28(5)22-16-26(3,24(32)33)12-11-25(22,2)13-14-29(27,28)6/h7-9,15,22H,10-14,16H2,1-6H3,(H,32,33)/t22-,25+,26+,27+,28-,29+/m0/s1. The third kappa shape index (κ3) is 2.56. The fourth-order valence-electron chi connectivity index (χ4n) is 8.41. The lowest BCUT2D eigenvalue weighted by Gasteiger charge is -2.70. The summed E-state index contributed by atoms with van der Waals surface area (Å²) in [5.41, 5.74) is 2.54. The number of carboxylic acid groups (broad SMARTS) is 1. The topological polar surface area (TPSA) is 71.4 Å². The zero-order valence-corrected chi connectivity index (χ0v) is 20.8. The van der Waals surface area contributed by atoms with E-state index in [1.165, 1.54) is 5.57 Å². The third-order valence-electron chi connectivity index (χ3n) is 11.3. The van der Waals surface area contributed by atoms with E-state index in [-0.39, 0.29) is 21.7 Å². The van der Waals surface area contributed by atoms with Crippen LogP contribution in [0.5, 0.6) is 0 Å². The van der Waals surface area contributed by atoms with Crippen molar-refractivity contribution < 1.29 is 19.5 Å². The molecular weight excluding hydrogens is 412 g/mol. The summed E-state index contributed by atoms with van der Waals surface area (Å²) >= 11 is 0. The molecule has 0 aromatic heterocycles. The largest absolute Gasteiger partial charge is 0.481 e. The molecule has 33 heavy (non-hydrogen) atoms. The van der Waals surface area contributed by atoms with Crippen LogP contribution in [0.4, 0.5) is 0 Å². The van der Waals surface area contributed by atoms with Crippen LogP contribution in [0.15, 0.2) is 46.6 Å². The minimum atomic E-state index is -0.676. The highest BCUT2D eigenvalue weighted by atomic mass is 16.4. The number of rotatable bonds is 1.